The molecule has 8 nitrogen and oxygen atoms in total. The lowest BCUT2D eigenvalue weighted by Gasteiger charge is -2.35. The lowest BCUT2D eigenvalue weighted by atomic mass is 9.78. The third-order valence-electron chi connectivity index (χ3n) is 6.19. The van der Waals surface area contributed by atoms with E-state index in [-0.39, 0.29) is 6.10 Å². The van der Waals surface area contributed by atoms with E-state index in [1.54, 1.807) is 7.11 Å². The molecule has 0 unspecified atom stereocenters. The van der Waals surface area contributed by atoms with E-state index in [0.29, 0.717) is 52.7 Å². The summed E-state index contributed by atoms with van der Waals surface area (Å²) in [6, 6.07) is 7.57. The number of methoxy groups -OCH3 is 1. The van der Waals surface area contributed by atoms with Gasteiger partial charge < -0.3 is 23.9 Å². The fourth-order valence-corrected chi connectivity index (χ4v) is 4.81. The monoisotopic (exact) mass is 410 g/mol. The average molecular weight is 410 g/mol. The number of oxazole rings is 1. The lowest BCUT2D eigenvalue weighted by Crippen LogP contribution is -2.42. The van der Waals surface area contributed by atoms with Crippen molar-refractivity contribution < 1.29 is 19.0 Å². The summed E-state index contributed by atoms with van der Waals surface area (Å²) in [7, 11) is 1.63. The van der Waals surface area contributed by atoms with Gasteiger partial charge in [-0.3, -0.25) is 0 Å². The highest BCUT2D eigenvalue weighted by atomic mass is 16.5. The van der Waals surface area contributed by atoms with Crippen LogP contribution in [0.3, 0.4) is 0 Å². The van der Waals surface area contributed by atoms with Crippen molar-refractivity contribution in [1.29, 1.82) is 0 Å². The Kier molecular flexibility index (Phi) is 4.73. The molecule has 8 heteroatoms. The van der Waals surface area contributed by atoms with Crippen molar-refractivity contribution in [3.63, 3.8) is 0 Å². The van der Waals surface area contributed by atoms with Crippen LogP contribution in [0.4, 0.5) is 5.82 Å². The molecule has 0 bridgehead atoms. The second-order valence-corrected chi connectivity index (χ2v) is 8.25. The first-order valence-electron chi connectivity index (χ1n) is 10.4. The van der Waals surface area contributed by atoms with E-state index in [1.165, 1.54) is 0 Å². The molecular formula is C22H26N4O4. The summed E-state index contributed by atoms with van der Waals surface area (Å²) in [4.78, 5) is 15.8. The van der Waals surface area contributed by atoms with E-state index in [9.17, 15) is 5.11 Å². The molecular weight excluding hydrogens is 384 g/mol. The summed E-state index contributed by atoms with van der Waals surface area (Å²) in [6.07, 6.45) is 0.707. The SMILES string of the molecule is COc1ccccc1O[C@@H]1C[C@@H]2CN(c3nc(C)nc4oc(C)nc34)C[C@@H]2C[C@H]1O. The first kappa shape index (κ1) is 19.1. The number of rotatable bonds is 4. The Morgan fingerprint density at radius 3 is 2.53 bits per heavy atom. The molecule has 4 atom stereocenters. The van der Waals surface area contributed by atoms with Crippen molar-refractivity contribution in [3.05, 3.63) is 36.0 Å². The Bertz CT molecular complexity index is 1070. The van der Waals surface area contributed by atoms with Crippen LogP contribution < -0.4 is 14.4 Å². The Hall–Kier alpha value is -2.87. The van der Waals surface area contributed by atoms with Gasteiger partial charge in [-0.2, -0.15) is 4.98 Å². The number of nitrogens with zero attached hydrogens (tertiary/aromatic N) is 4. The molecule has 0 amide bonds. The average Bonchev–Trinajstić information content (AvgIpc) is 3.30. The highest BCUT2D eigenvalue weighted by Gasteiger charge is 2.43. The van der Waals surface area contributed by atoms with Crippen LogP contribution in [0.2, 0.25) is 0 Å². The van der Waals surface area contributed by atoms with Crippen LogP contribution >= 0.6 is 0 Å². The van der Waals surface area contributed by atoms with E-state index in [4.69, 9.17) is 13.9 Å². The number of aliphatic hydroxyl groups is 1. The Morgan fingerprint density at radius 2 is 1.77 bits per heavy atom. The predicted octanol–water partition coefficient (Wildman–Crippen LogP) is 2.90. The maximum Gasteiger partial charge on any atom is 0.252 e. The first-order valence-corrected chi connectivity index (χ1v) is 10.4. The first-order chi connectivity index (χ1) is 14.5. The highest BCUT2D eigenvalue weighted by molar-refractivity contribution is 5.82. The zero-order valence-electron chi connectivity index (χ0n) is 17.4. The van der Waals surface area contributed by atoms with Crippen LogP contribution in [0.15, 0.2) is 28.7 Å². The molecule has 0 spiro atoms. The van der Waals surface area contributed by atoms with Gasteiger partial charge >= 0.3 is 0 Å². The minimum atomic E-state index is -0.516. The summed E-state index contributed by atoms with van der Waals surface area (Å²) >= 11 is 0. The molecule has 2 aromatic heterocycles. The minimum Gasteiger partial charge on any atom is -0.493 e. The van der Waals surface area contributed by atoms with Crippen LogP contribution in [-0.2, 0) is 0 Å². The highest BCUT2D eigenvalue weighted by Crippen LogP contribution is 2.41. The lowest BCUT2D eigenvalue weighted by molar-refractivity contribution is -0.0240. The Balaban J connectivity index is 1.36. The zero-order chi connectivity index (χ0) is 20.8. The van der Waals surface area contributed by atoms with Crippen LogP contribution in [0.5, 0.6) is 11.5 Å². The number of aliphatic hydroxyl groups excluding tert-OH is 1. The van der Waals surface area contributed by atoms with Crippen molar-refractivity contribution >= 4 is 17.0 Å². The van der Waals surface area contributed by atoms with Crippen molar-refractivity contribution in [2.75, 3.05) is 25.1 Å². The summed E-state index contributed by atoms with van der Waals surface area (Å²) in [5.74, 6) is 4.22. The van der Waals surface area contributed by atoms with Gasteiger partial charge in [0.2, 0.25) is 0 Å². The van der Waals surface area contributed by atoms with Gasteiger partial charge in [0.05, 0.1) is 13.2 Å². The third kappa shape index (κ3) is 3.35. The number of hydrogen-bond acceptors (Lipinski definition) is 8. The summed E-state index contributed by atoms with van der Waals surface area (Å²) in [6.45, 7) is 5.37. The van der Waals surface area contributed by atoms with E-state index >= 15 is 0 Å². The number of fused-ring (bicyclic) bond motifs is 2. The van der Waals surface area contributed by atoms with Crippen molar-refractivity contribution in [3.8, 4) is 11.5 Å². The van der Waals surface area contributed by atoms with Crippen LogP contribution in [0.1, 0.15) is 24.6 Å². The third-order valence-corrected chi connectivity index (χ3v) is 6.19. The van der Waals surface area contributed by atoms with Gasteiger partial charge in [-0.25, -0.2) is 9.97 Å². The second-order valence-electron chi connectivity index (χ2n) is 8.25. The van der Waals surface area contributed by atoms with Gasteiger partial charge in [-0.05, 0) is 43.7 Å². The number of aryl methyl sites for hydroxylation is 2. The van der Waals surface area contributed by atoms with Gasteiger partial charge in [-0.1, -0.05) is 12.1 Å². The Morgan fingerprint density at radius 1 is 1.03 bits per heavy atom. The number of aromatic nitrogens is 3. The molecule has 30 heavy (non-hydrogen) atoms. The van der Waals surface area contributed by atoms with E-state index in [2.05, 4.69) is 19.9 Å². The molecule has 2 fully saturated rings. The summed E-state index contributed by atoms with van der Waals surface area (Å²) in [5.41, 5.74) is 1.24. The molecule has 2 aliphatic rings. The Labute approximate surface area is 174 Å². The number of anilines is 1. The van der Waals surface area contributed by atoms with Gasteiger partial charge in [0, 0.05) is 20.0 Å². The van der Waals surface area contributed by atoms with Crippen molar-refractivity contribution in [2.45, 2.75) is 38.9 Å². The summed E-state index contributed by atoms with van der Waals surface area (Å²) in [5, 5.41) is 10.8. The quantitative estimate of drug-likeness (QED) is 0.702. The molecule has 3 aromatic rings. The van der Waals surface area contributed by atoms with Gasteiger partial charge in [-0.15, -0.1) is 0 Å². The number of para-hydroxylation sites is 2. The fraction of sp³-hybridized carbons (Fsp3) is 0.500. The van der Waals surface area contributed by atoms with Crippen LogP contribution in [0.25, 0.3) is 11.2 Å². The molecule has 1 N–H and O–H groups in total. The van der Waals surface area contributed by atoms with Gasteiger partial charge in [0.15, 0.2) is 28.7 Å². The zero-order valence-corrected chi connectivity index (χ0v) is 17.4. The second kappa shape index (κ2) is 7.43. The maximum atomic E-state index is 10.8. The predicted molar refractivity (Wildman–Crippen MR) is 111 cm³/mol. The van der Waals surface area contributed by atoms with Crippen LogP contribution in [-0.4, -0.2) is 52.5 Å². The number of benzene rings is 1. The number of ether oxygens (including phenoxy) is 2. The van der Waals surface area contributed by atoms with E-state index in [0.717, 1.165) is 25.3 Å². The molecule has 1 saturated heterocycles. The molecule has 1 aliphatic carbocycles. The molecule has 5 rings (SSSR count). The van der Waals surface area contributed by atoms with Gasteiger partial charge in [0.1, 0.15) is 11.9 Å². The van der Waals surface area contributed by atoms with E-state index in [1.807, 2.05) is 38.1 Å². The normalized spacial score (nSPS) is 26.1. The minimum absolute atomic E-state index is 0.260. The van der Waals surface area contributed by atoms with Crippen molar-refractivity contribution in [1.82, 2.24) is 15.0 Å². The molecule has 1 saturated carbocycles. The summed E-state index contributed by atoms with van der Waals surface area (Å²) < 4.78 is 17.2. The largest absolute Gasteiger partial charge is 0.493 e. The fourth-order valence-electron chi connectivity index (χ4n) is 4.81. The number of hydrogen-bond donors (Lipinski definition) is 1. The molecule has 0 radical (unpaired) electrons. The molecule has 3 heterocycles. The molecule has 158 valence electrons. The smallest absolute Gasteiger partial charge is 0.252 e. The topological polar surface area (TPSA) is 93.7 Å². The van der Waals surface area contributed by atoms with Crippen LogP contribution in [0, 0.1) is 25.7 Å². The van der Waals surface area contributed by atoms with Gasteiger partial charge in [0.25, 0.3) is 5.71 Å². The molecule has 1 aromatic carbocycles. The van der Waals surface area contributed by atoms with E-state index < -0.39 is 6.10 Å². The molecule has 1 aliphatic heterocycles. The standard InChI is InChI=1S/C22H26N4O4/c1-12-23-21(20-22(24-12)29-13(2)25-20)26-10-14-8-16(27)19(9-15(14)11-26)30-18-7-5-4-6-17(18)28-3/h4-7,14-16,19,27H,8-11H2,1-3H3/t14-,15+,16+,19+/m0/s1. The van der Waals surface area contributed by atoms with Crippen molar-refractivity contribution in [2.24, 2.45) is 11.8 Å². The maximum absolute atomic E-state index is 10.8.